The Balaban J connectivity index is 2.27. The Morgan fingerprint density at radius 2 is 2.26 bits per heavy atom. The number of aromatic nitrogens is 1. The first-order valence-electron chi connectivity index (χ1n) is 7.24. The molecule has 0 aliphatic carbocycles. The van der Waals surface area contributed by atoms with Crippen molar-refractivity contribution >= 4 is 0 Å². The van der Waals surface area contributed by atoms with Crippen LogP contribution >= 0.6 is 0 Å². The van der Waals surface area contributed by atoms with Gasteiger partial charge in [0.05, 0.1) is 7.11 Å². The molecule has 106 valence electrons. The number of nitrogens with zero attached hydrogens (tertiary/aromatic N) is 2. The summed E-state index contributed by atoms with van der Waals surface area (Å²) in [6.45, 7) is 5.19. The fourth-order valence-corrected chi connectivity index (χ4v) is 3.09. The number of rotatable bonds is 4. The molecule has 0 radical (unpaired) electrons. The molecule has 2 rings (SSSR count). The first-order chi connectivity index (χ1) is 9.30. The summed E-state index contributed by atoms with van der Waals surface area (Å²) in [7, 11) is 1.65. The molecular formula is C15H25N3O. The zero-order valence-corrected chi connectivity index (χ0v) is 12.0. The van der Waals surface area contributed by atoms with Crippen LogP contribution in [0.1, 0.15) is 37.8 Å². The lowest BCUT2D eigenvalue weighted by molar-refractivity contribution is 0.166. The van der Waals surface area contributed by atoms with Gasteiger partial charge < -0.3 is 10.5 Å². The lowest BCUT2D eigenvalue weighted by atomic mass is 9.90. The molecule has 0 saturated carbocycles. The third-order valence-electron chi connectivity index (χ3n) is 4.13. The molecule has 0 amide bonds. The lowest BCUT2D eigenvalue weighted by Crippen LogP contribution is -2.35. The molecule has 4 nitrogen and oxygen atoms in total. The van der Waals surface area contributed by atoms with Crippen LogP contribution in [0.2, 0.25) is 0 Å². The van der Waals surface area contributed by atoms with E-state index in [1.54, 1.807) is 7.11 Å². The monoisotopic (exact) mass is 263 g/mol. The number of hydrogen-bond acceptors (Lipinski definition) is 4. The van der Waals surface area contributed by atoms with Crippen LogP contribution in [-0.4, -0.2) is 36.6 Å². The zero-order chi connectivity index (χ0) is 13.7. The van der Waals surface area contributed by atoms with E-state index in [-0.39, 0.29) is 0 Å². The normalized spacial score (nSPS) is 25.0. The van der Waals surface area contributed by atoms with Crippen molar-refractivity contribution in [3.8, 4) is 5.88 Å². The van der Waals surface area contributed by atoms with Crippen molar-refractivity contribution in [2.75, 3.05) is 26.7 Å². The minimum atomic E-state index is 0.399. The van der Waals surface area contributed by atoms with Crippen LogP contribution in [-0.2, 0) is 0 Å². The summed E-state index contributed by atoms with van der Waals surface area (Å²) in [4.78, 5) is 6.89. The number of hydrogen-bond donors (Lipinski definition) is 1. The molecule has 1 fully saturated rings. The highest BCUT2D eigenvalue weighted by atomic mass is 16.5. The third kappa shape index (κ3) is 3.25. The van der Waals surface area contributed by atoms with Crippen LogP contribution in [0.3, 0.4) is 0 Å². The minimum Gasteiger partial charge on any atom is -0.481 e. The van der Waals surface area contributed by atoms with Crippen LogP contribution in [0.25, 0.3) is 0 Å². The van der Waals surface area contributed by atoms with E-state index >= 15 is 0 Å². The molecule has 0 aromatic carbocycles. The van der Waals surface area contributed by atoms with Crippen LogP contribution in [0.5, 0.6) is 5.88 Å². The molecule has 0 spiro atoms. The van der Waals surface area contributed by atoms with E-state index in [2.05, 4.69) is 22.9 Å². The van der Waals surface area contributed by atoms with E-state index in [9.17, 15) is 0 Å². The van der Waals surface area contributed by atoms with Gasteiger partial charge in [-0.1, -0.05) is 19.4 Å². The average Bonchev–Trinajstić information content (AvgIpc) is 2.68. The first-order valence-corrected chi connectivity index (χ1v) is 7.24. The average molecular weight is 263 g/mol. The van der Waals surface area contributed by atoms with Gasteiger partial charge in [0.25, 0.3) is 0 Å². The predicted molar refractivity (Wildman–Crippen MR) is 77.2 cm³/mol. The Morgan fingerprint density at radius 3 is 2.84 bits per heavy atom. The van der Waals surface area contributed by atoms with Crippen molar-refractivity contribution in [1.29, 1.82) is 0 Å². The summed E-state index contributed by atoms with van der Waals surface area (Å²) in [6.07, 6.45) is 5.70. The first kappa shape index (κ1) is 14.3. The van der Waals surface area contributed by atoms with Crippen LogP contribution in [0.15, 0.2) is 18.3 Å². The smallest absolute Gasteiger partial charge is 0.212 e. The maximum Gasteiger partial charge on any atom is 0.212 e. The predicted octanol–water partition coefficient (Wildman–Crippen LogP) is 2.21. The summed E-state index contributed by atoms with van der Waals surface area (Å²) in [5, 5.41) is 0. The van der Waals surface area contributed by atoms with Gasteiger partial charge in [0.2, 0.25) is 5.88 Å². The van der Waals surface area contributed by atoms with Gasteiger partial charge in [-0.3, -0.25) is 4.90 Å². The van der Waals surface area contributed by atoms with Crippen molar-refractivity contribution in [2.24, 2.45) is 11.7 Å². The fraction of sp³-hybridized carbons (Fsp3) is 0.667. The van der Waals surface area contributed by atoms with Crippen molar-refractivity contribution in [3.63, 3.8) is 0 Å². The van der Waals surface area contributed by atoms with Gasteiger partial charge in [-0.05, 0) is 44.0 Å². The molecule has 1 aromatic heterocycles. The summed E-state index contributed by atoms with van der Waals surface area (Å²) in [6, 6.07) is 4.48. The summed E-state index contributed by atoms with van der Waals surface area (Å²) in [5.74, 6) is 1.20. The quantitative estimate of drug-likeness (QED) is 0.905. The van der Waals surface area contributed by atoms with Gasteiger partial charge in [-0.25, -0.2) is 4.98 Å². The molecule has 1 saturated heterocycles. The fourth-order valence-electron chi connectivity index (χ4n) is 3.09. The molecule has 1 aliphatic rings. The second-order valence-corrected chi connectivity index (χ2v) is 5.20. The maximum atomic E-state index is 6.00. The number of likely N-dealkylation sites (tertiary alicyclic amines) is 1. The number of pyridine rings is 1. The summed E-state index contributed by atoms with van der Waals surface area (Å²) in [5.41, 5.74) is 7.27. The highest BCUT2D eigenvalue weighted by molar-refractivity contribution is 5.22. The Bertz CT molecular complexity index is 365. The Hall–Kier alpha value is -1.13. The van der Waals surface area contributed by atoms with E-state index in [0.29, 0.717) is 17.8 Å². The molecule has 2 unspecified atom stereocenters. The zero-order valence-electron chi connectivity index (χ0n) is 12.0. The van der Waals surface area contributed by atoms with Gasteiger partial charge in [0.15, 0.2) is 0 Å². The van der Waals surface area contributed by atoms with E-state index in [1.807, 2.05) is 12.3 Å². The van der Waals surface area contributed by atoms with Gasteiger partial charge in [-0.15, -0.1) is 0 Å². The van der Waals surface area contributed by atoms with Crippen molar-refractivity contribution in [1.82, 2.24) is 9.88 Å². The molecule has 1 aliphatic heterocycles. The van der Waals surface area contributed by atoms with Gasteiger partial charge in [0, 0.05) is 18.3 Å². The Morgan fingerprint density at radius 1 is 1.42 bits per heavy atom. The van der Waals surface area contributed by atoms with Crippen molar-refractivity contribution in [3.05, 3.63) is 23.9 Å². The van der Waals surface area contributed by atoms with Gasteiger partial charge in [-0.2, -0.15) is 0 Å². The van der Waals surface area contributed by atoms with Gasteiger partial charge in [0.1, 0.15) is 0 Å². The molecule has 4 heteroatoms. The van der Waals surface area contributed by atoms with Crippen LogP contribution < -0.4 is 10.5 Å². The molecule has 2 atom stereocenters. The highest BCUT2D eigenvalue weighted by Crippen LogP contribution is 2.34. The van der Waals surface area contributed by atoms with E-state index < -0.39 is 0 Å². The van der Waals surface area contributed by atoms with Crippen LogP contribution in [0.4, 0.5) is 0 Å². The lowest BCUT2D eigenvalue weighted by Gasteiger charge is -2.34. The number of methoxy groups -OCH3 is 1. The van der Waals surface area contributed by atoms with Gasteiger partial charge >= 0.3 is 0 Å². The van der Waals surface area contributed by atoms with E-state index in [4.69, 9.17) is 10.5 Å². The van der Waals surface area contributed by atoms with E-state index in [1.165, 1.54) is 24.8 Å². The van der Waals surface area contributed by atoms with Crippen molar-refractivity contribution in [2.45, 2.75) is 32.2 Å². The Kier molecular flexibility index (Phi) is 5.16. The maximum absolute atomic E-state index is 6.00. The highest BCUT2D eigenvalue weighted by Gasteiger charge is 2.29. The molecule has 2 heterocycles. The van der Waals surface area contributed by atoms with E-state index in [0.717, 1.165) is 19.6 Å². The molecule has 0 bridgehead atoms. The standard InChI is InChI=1S/C15H25N3O/c1-3-18-9-5-4-6-12(10-16)15(18)13-7-8-14(19-2)17-11-13/h7-8,11-12,15H,3-6,9-10,16H2,1-2H3. The summed E-state index contributed by atoms with van der Waals surface area (Å²) < 4.78 is 5.14. The third-order valence-corrected chi connectivity index (χ3v) is 4.13. The minimum absolute atomic E-state index is 0.399. The summed E-state index contributed by atoms with van der Waals surface area (Å²) >= 11 is 0. The number of ether oxygens (including phenoxy) is 1. The molecule has 19 heavy (non-hydrogen) atoms. The second kappa shape index (κ2) is 6.87. The second-order valence-electron chi connectivity index (χ2n) is 5.20. The molecular weight excluding hydrogens is 238 g/mol. The largest absolute Gasteiger partial charge is 0.481 e. The molecule has 1 aromatic rings. The Labute approximate surface area is 116 Å². The topological polar surface area (TPSA) is 51.4 Å². The van der Waals surface area contributed by atoms with Crippen LogP contribution in [0, 0.1) is 5.92 Å². The number of nitrogens with two attached hydrogens (primary N) is 1. The van der Waals surface area contributed by atoms with Crippen molar-refractivity contribution < 1.29 is 4.74 Å². The SMILES string of the molecule is CCN1CCCCC(CN)C1c1ccc(OC)nc1. The molecule has 2 N–H and O–H groups in total.